The van der Waals surface area contributed by atoms with Crippen LogP contribution in [0.25, 0.3) is 0 Å². The highest BCUT2D eigenvalue weighted by molar-refractivity contribution is 6.36. The van der Waals surface area contributed by atoms with Crippen LogP contribution in [0.3, 0.4) is 0 Å². The fourth-order valence-corrected chi connectivity index (χ4v) is 2.32. The highest BCUT2D eigenvalue weighted by atomic mass is 16.3. The van der Waals surface area contributed by atoms with Gasteiger partial charge in [-0.3, -0.25) is 9.59 Å². The van der Waals surface area contributed by atoms with E-state index in [1.165, 1.54) is 6.92 Å². The summed E-state index contributed by atoms with van der Waals surface area (Å²) < 4.78 is 0. The first-order valence-electron chi connectivity index (χ1n) is 13.1. The molecule has 1 aliphatic rings. The van der Waals surface area contributed by atoms with Crippen LogP contribution in [-0.2, 0) is 9.59 Å². The molecule has 0 bridgehead atoms. The monoisotopic (exact) mass is 489 g/mol. The molecule has 35 heavy (non-hydrogen) atoms. The third-order valence-corrected chi connectivity index (χ3v) is 3.64. The van der Waals surface area contributed by atoms with Crippen molar-refractivity contribution >= 4 is 28.9 Å². The molecule has 2 amide bonds. The number of aliphatic hydroxyl groups is 1. The van der Waals surface area contributed by atoms with Crippen LogP contribution in [0.1, 0.15) is 90.0 Å². The number of rotatable bonds is 3. The molecule has 0 spiro atoms. The lowest BCUT2D eigenvalue weighted by Crippen LogP contribution is -2.55. The van der Waals surface area contributed by atoms with Gasteiger partial charge in [-0.05, 0) is 31.2 Å². The zero-order chi connectivity index (χ0) is 28.4. The Kier molecular flexibility index (Phi) is 28.7. The smallest absolute Gasteiger partial charge is 0.295 e. The van der Waals surface area contributed by atoms with Gasteiger partial charge in [0.2, 0.25) is 0 Å². The van der Waals surface area contributed by atoms with Gasteiger partial charge < -0.3 is 10.4 Å². The SMILES string of the molecule is CC.CC.CC.CC.CC.CC.CC1=NN(c2ccccc2)C(=O)C1(O)C(=O)Nc1ccccc1. The molecule has 0 saturated carbocycles. The molecule has 1 atom stereocenters. The quantitative estimate of drug-likeness (QED) is 0.429. The highest BCUT2D eigenvalue weighted by Gasteiger charge is 2.54. The Labute approximate surface area is 215 Å². The van der Waals surface area contributed by atoms with E-state index in [1.807, 2.05) is 83.1 Å². The molecular formula is C29H51N3O3. The number of nitrogens with zero attached hydrogens (tertiary/aromatic N) is 2. The minimum absolute atomic E-state index is 0.0276. The van der Waals surface area contributed by atoms with Crippen molar-refractivity contribution in [3.05, 3.63) is 60.7 Å². The number of anilines is 2. The normalized spacial score (nSPS) is 14.4. The van der Waals surface area contributed by atoms with Crippen molar-refractivity contribution in [3.8, 4) is 0 Å². The van der Waals surface area contributed by atoms with E-state index < -0.39 is 17.4 Å². The van der Waals surface area contributed by atoms with Crippen LogP contribution < -0.4 is 10.3 Å². The van der Waals surface area contributed by atoms with Gasteiger partial charge in [-0.2, -0.15) is 10.1 Å². The molecule has 2 aromatic carbocycles. The van der Waals surface area contributed by atoms with E-state index >= 15 is 0 Å². The Hall–Kier alpha value is -2.99. The summed E-state index contributed by atoms with van der Waals surface area (Å²) in [6.07, 6.45) is 0. The molecule has 6 nitrogen and oxygen atoms in total. The predicted molar refractivity (Wildman–Crippen MR) is 155 cm³/mol. The van der Waals surface area contributed by atoms with Crippen LogP contribution in [-0.4, -0.2) is 28.2 Å². The van der Waals surface area contributed by atoms with E-state index in [2.05, 4.69) is 10.4 Å². The number of benzene rings is 2. The van der Waals surface area contributed by atoms with Crippen LogP contribution in [0.4, 0.5) is 11.4 Å². The zero-order valence-corrected chi connectivity index (χ0v) is 24.4. The second-order valence-electron chi connectivity index (χ2n) is 5.17. The maximum absolute atomic E-state index is 12.6. The van der Waals surface area contributed by atoms with Gasteiger partial charge in [0.1, 0.15) is 0 Å². The molecule has 6 heteroatoms. The first-order chi connectivity index (χ1) is 17.0. The Morgan fingerprint density at radius 3 is 1.51 bits per heavy atom. The highest BCUT2D eigenvalue weighted by Crippen LogP contribution is 2.27. The van der Waals surface area contributed by atoms with Crippen LogP contribution >= 0.6 is 0 Å². The van der Waals surface area contributed by atoms with E-state index in [1.54, 1.807) is 60.7 Å². The average Bonchev–Trinajstić information content (AvgIpc) is 3.21. The van der Waals surface area contributed by atoms with Gasteiger partial charge in [0.05, 0.1) is 11.4 Å². The lowest BCUT2D eigenvalue weighted by atomic mass is 9.97. The largest absolute Gasteiger partial charge is 0.367 e. The first kappa shape index (κ1) is 39.2. The fraction of sp³-hybridized carbons (Fsp3) is 0.483. The maximum atomic E-state index is 12.6. The van der Waals surface area contributed by atoms with Crippen molar-refractivity contribution in [1.82, 2.24) is 0 Å². The molecule has 3 rings (SSSR count). The summed E-state index contributed by atoms with van der Waals surface area (Å²) in [7, 11) is 0. The molecule has 1 aliphatic heterocycles. The summed E-state index contributed by atoms with van der Waals surface area (Å²) in [5, 5.41) is 18.3. The summed E-state index contributed by atoms with van der Waals surface area (Å²) in [5.74, 6) is -1.62. The minimum atomic E-state index is -2.31. The third kappa shape index (κ3) is 11.8. The Morgan fingerprint density at radius 2 is 1.11 bits per heavy atom. The summed E-state index contributed by atoms with van der Waals surface area (Å²) in [6.45, 7) is 25.4. The third-order valence-electron chi connectivity index (χ3n) is 3.64. The van der Waals surface area contributed by atoms with E-state index in [4.69, 9.17) is 0 Å². The van der Waals surface area contributed by atoms with Gasteiger partial charge in [-0.25, -0.2) is 0 Å². The second-order valence-corrected chi connectivity index (χ2v) is 5.17. The van der Waals surface area contributed by atoms with Crippen molar-refractivity contribution in [2.45, 2.75) is 95.6 Å². The number of hydrogen-bond donors (Lipinski definition) is 2. The molecule has 0 saturated heterocycles. The first-order valence-corrected chi connectivity index (χ1v) is 13.1. The second kappa shape index (κ2) is 25.6. The number of carbonyl (C=O) groups is 2. The molecule has 0 fully saturated rings. The summed E-state index contributed by atoms with van der Waals surface area (Å²) in [5.41, 5.74) is -1.31. The van der Waals surface area contributed by atoms with Gasteiger partial charge in [0.25, 0.3) is 17.4 Å². The zero-order valence-electron chi connectivity index (χ0n) is 24.4. The lowest BCUT2D eigenvalue weighted by Gasteiger charge is -2.21. The van der Waals surface area contributed by atoms with E-state index in [9.17, 15) is 14.7 Å². The standard InChI is InChI=1S/C17H15N3O3.6C2H6/c1-12-17(23,15(21)18-13-8-4-2-5-9-13)16(22)20(19-12)14-10-6-3-7-11-14;6*1-2/h2-11,23H,1H3,(H,18,21);6*1-2H3. The van der Waals surface area contributed by atoms with Crippen molar-refractivity contribution in [2.75, 3.05) is 10.3 Å². The molecule has 0 aromatic heterocycles. The van der Waals surface area contributed by atoms with Crippen molar-refractivity contribution < 1.29 is 14.7 Å². The van der Waals surface area contributed by atoms with Gasteiger partial charge >= 0.3 is 0 Å². The number of hydrazone groups is 1. The predicted octanol–water partition coefficient (Wildman–Crippen LogP) is 7.94. The van der Waals surface area contributed by atoms with Crippen LogP contribution in [0, 0.1) is 0 Å². The van der Waals surface area contributed by atoms with Gasteiger partial charge in [-0.15, -0.1) is 0 Å². The number of para-hydroxylation sites is 2. The fourth-order valence-electron chi connectivity index (χ4n) is 2.32. The van der Waals surface area contributed by atoms with Gasteiger partial charge in [-0.1, -0.05) is 119 Å². The molecule has 2 N–H and O–H groups in total. The minimum Gasteiger partial charge on any atom is -0.367 e. The molecule has 2 aromatic rings. The summed E-state index contributed by atoms with van der Waals surface area (Å²) >= 11 is 0. The molecule has 0 aliphatic carbocycles. The van der Waals surface area contributed by atoms with Gasteiger partial charge in [0, 0.05) is 5.69 Å². The molecule has 200 valence electrons. The Bertz CT molecular complexity index is 778. The molecular weight excluding hydrogens is 438 g/mol. The van der Waals surface area contributed by atoms with Crippen molar-refractivity contribution in [3.63, 3.8) is 0 Å². The Morgan fingerprint density at radius 1 is 0.743 bits per heavy atom. The number of hydrogen-bond acceptors (Lipinski definition) is 4. The van der Waals surface area contributed by atoms with Crippen LogP contribution in [0.5, 0.6) is 0 Å². The number of nitrogens with one attached hydrogen (secondary N) is 1. The Balaban J connectivity index is -0.000000351. The van der Waals surface area contributed by atoms with Crippen molar-refractivity contribution in [1.29, 1.82) is 0 Å². The molecule has 1 heterocycles. The van der Waals surface area contributed by atoms with E-state index in [0.29, 0.717) is 11.4 Å². The lowest BCUT2D eigenvalue weighted by molar-refractivity contribution is -0.140. The van der Waals surface area contributed by atoms with Gasteiger partial charge in [0.15, 0.2) is 0 Å². The molecule has 0 radical (unpaired) electrons. The van der Waals surface area contributed by atoms with E-state index in [-0.39, 0.29) is 5.71 Å². The maximum Gasteiger partial charge on any atom is 0.295 e. The molecule has 1 unspecified atom stereocenters. The average molecular weight is 490 g/mol. The topological polar surface area (TPSA) is 82.0 Å². The van der Waals surface area contributed by atoms with E-state index in [0.717, 1.165) is 5.01 Å². The number of carbonyl (C=O) groups excluding carboxylic acids is 2. The number of amides is 2. The van der Waals surface area contributed by atoms with Crippen LogP contribution in [0.2, 0.25) is 0 Å². The summed E-state index contributed by atoms with van der Waals surface area (Å²) in [6, 6.07) is 17.3. The van der Waals surface area contributed by atoms with Crippen LogP contribution in [0.15, 0.2) is 65.8 Å². The summed E-state index contributed by atoms with van der Waals surface area (Å²) in [4.78, 5) is 25.0. The van der Waals surface area contributed by atoms with Crippen molar-refractivity contribution in [2.24, 2.45) is 5.10 Å².